The Bertz CT molecular complexity index is 609. The van der Waals surface area contributed by atoms with Gasteiger partial charge in [0.25, 0.3) is 0 Å². The van der Waals surface area contributed by atoms with E-state index in [0.29, 0.717) is 23.3 Å². The third-order valence-corrected chi connectivity index (χ3v) is 10.5. The topological polar surface area (TPSA) is 69.6 Å². The Morgan fingerprint density at radius 2 is 1.77 bits per heavy atom. The van der Waals surface area contributed by atoms with Gasteiger partial charge in [0.2, 0.25) is 0 Å². The molecule has 0 aliphatic heterocycles. The molecule has 0 heterocycles. The molecular weight excluding hydrogens is 374 g/mol. The van der Waals surface area contributed by atoms with Crippen molar-refractivity contribution in [3.8, 4) is 0 Å². The van der Waals surface area contributed by atoms with Crippen molar-refractivity contribution in [1.29, 1.82) is 0 Å². The summed E-state index contributed by atoms with van der Waals surface area (Å²) in [6.45, 7) is 6.67. The molecule has 3 N–H and O–H groups in total. The molecule has 4 nitrogen and oxygen atoms in total. The van der Waals surface area contributed by atoms with Gasteiger partial charge < -0.3 is 15.5 Å². The number of hydrogen-bond donors (Lipinski definition) is 3. The van der Waals surface area contributed by atoms with Crippen LogP contribution >= 0.6 is 0 Å². The summed E-state index contributed by atoms with van der Waals surface area (Å²) in [5, 5.41) is 23.3. The molecule has 4 aliphatic carbocycles. The lowest BCUT2D eigenvalue weighted by Gasteiger charge is -2.62. The first kappa shape index (κ1) is 22.6. The fourth-order valence-electron chi connectivity index (χ4n) is 8.80. The molecule has 8 atom stereocenters. The van der Waals surface area contributed by atoms with Crippen LogP contribution in [0.3, 0.4) is 0 Å². The molecule has 0 radical (unpaired) electrons. The summed E-state index contributed by atoms with van der Waals surface area (Å²) < 4.78 is 0. The molecule has 0 amide bonds. The number of aliphatic hydroxyl groups excluding tert-OH is 1. The summed E-state index contributed by atoms with van der Waals surface area (Å²) in [5.41, 5.74) is 0.917. The number of aliphatic carboxylic acids is 1. The fourth-order valence-corrected chi connectivity index (χ4v) is 8.80. The monoisotopic (exact) mass is 419 g/mol. The lowest BCUT2D eigenvalue weighted by molar-refractivity contribution is -0.162. The van der Waals surface area contributed by atoms with Crippen molar-refractivity contribution < 1.29 is 15.0 Å². The number of carboxylic acid groups (broad SMARTS) is 1. The van der Waals surface area contributed by atoms with E-state index in [4.69, 9.17) is 5.11 Å². The van der Waals surface area contributed by atoms with Crippen molar-refractivity contribution in [1.82, 2.24) is 5.32 Å². The molecule has 4 aliphatic rings. The minimum Gasteiger partial charge on any atom is -0.481 e. The highest BCUT2D eigenvalue weighted by Gasteiger charge is 2.61. The van der Waals surface area contributed by atoms with Crippen LogP contribution in [0.1, 0.15) is 97.3 Å². The molecule has 8 unspecified atom stereocenters. The Balaban J connectivity index is 1.33. The highest BCUT2D eigenvalue weighted by atomic mass is 16.4. The zero-order valence-corrected chi connectivity index (χ0v) is 19.4. The van der Waals surface area contributed by atoms with Crippen molar-refractivity contribution in [2.24, 2.45) is 40.4 Å². The number of rotatable bonds is 8. The number of carbonyl (C=O) groups is 1. The maximum Gasteiger partial charge on any atom is 0.304 e. The fraction of sp³-hybridized carbons (Fsp3) is 0.962. The van der Waals surface area contributed by atoms with Gasteiger partial charge in [-0.05, 0) is 105 Å². The Hall–Kier alpha value is -0.610. The van der Waals surface area contributed by atoms with Gasteiger partial charge in [-0.2, -0.15) is 0 Å². The predicted molar refractivity (Wildman–Crippen MR) is 120 cm³/mol. The van der Waals surface area contributed by atoms with E-state index in [9.17, 15) is 9.90 Å². The number of hydrogen-bond acceptors (Lipinski definition) is 3. The first-order valence-electron chi connectivity index (χ1n) is 13.0. The Morgan fingerprint density at radius 3 is 2.57 bits per heavy atom. The molecule has 30 heavy (non-hydrogen) atoms. The van der Waals surface area contributed by atoms with Crippen LogP contribution in [0.4, 0.5) is 0 Å². The van der Waals surface area contributed by atoms with Gasteiger partial charge in [-0.3, -0.25) is 4.79 Å². The standard InChI is InChI=1S/C26H45NO3/c1-25-13-5-3-8-19(25)17-22(28)24-20-10-9-18(26(20,2)14-11-21(24)25)7-4-6-15-27-16-12-23(29)30/h18-22,24,27-28H,3-17H2,1-2H3,(H,29,30). The van der Waals surface area contributed by atoms with Gasteiger partial charge in [-0.15, -0.1) is 0 Å². The molecular formula is C26H45NO3. The van der Waals surface area contributed by atoms with Crippen molar-refractivity contribution in [3.05, 3.63) is 0 Å². The average Bonchev–Trinajstić information content (AvgIpc) is 3.04. The second-order valence-electron chi connectivity index (χ2n) is 11.8. The molecule has 0 saturated heterocycles. The number of aliphatic hydroxyl groups is 1. The normalized spacial score (nSPS) is 45.4. The Kier molecular flexibility index (Phi) is 6.85. The predicted octanol–water partition coefficient (Wildman–Crippen LogP) is 5.24. The van der Waals surface area contributed by atoms with Gasteiger partial charge in [0.15, 0.2) is 0 Å². The van der Waals surface area contributed by atoms with Gasteiger partial charge in [0.05, 0.1) is 12.5 Å². The van der Waals surface area contributed by atoms with Crippen LogP contribution in [0.2, 0.25) is 0 Å². The molecule has 0 spiro atoms. The van der Waals surface area contributed by atoms with Gasteiger partial charge in [-0.25, -0.2) is 0 Å². The van der Waals surface area contributed by atoms with Crippen LogP contribution in [0.25, 0.3) is 0 Å². The maximum atomic E-state index is 11.3. The molecule has 0 aromatic heterocycles. The lowest BCUT2D eigenvalue weighted by Crippen LogP contribution is -2.57. The molecule has 4 heteroatoms. The van der Waals surface area contributed by atoms with Crippen LogP contribution in [0.5, 0.6) is 0 Å². The number of carboxylic acids is 1. The van der Waals surface area contributed by atoms with Gasteiger partial charge >= 0.3 is 5.97 Å². The maximum absolute atomic E-state index is 11.3. The van der Waals surface area contributed by atoms with Crippen molar-refractivity contribution in [2.75, 3.05) is 13.1 Å². The highest BCUT2D eigenvalue weighted by molar-refractivity contribution is 5.66. The number of unbranched alkanes of at least 4 members (excludes halogenated alkanes) is 1. The van der Waals surface area contributed by atoms with Crippen molar-refractivity contribution >= 4 is 5.97 Å². The molecule has 4 rings (SSSR count). The summed E-state index contributed by atoms with van der Waals surface area (Å²) in [6, 6.07) is 0. The lowest BCUT2D eigenvalue weighted by atomic mass is 9.44. The molecule has 4 saturated carbocycles. The second-order valence-corrected chi connectivity index (χ2v) is 11.8. The first-order valence-corrected chi connectivity index (χ1v) is 13.0. The largest absolute Gasteiger partial charge is 0.481 e. The first-order chi connectivity index (χ1) is 14.4. The quantitative estimate of drug-likeness (QED) is 0.471. The van der Waals surface area contributed by atoms with Crippen LogP contribution in [-0.2, 0) is 4.79 Å². The highest BCUT2D eigenvalue weighted by Crippen LogP contribution is 2.67. The smallest absolute Gasteiger partial charge is 0.304 e. The summed E-state index contributed by atoms with van der Waals surface area (Å²) in [5.74, 6) is 2.88. The van der Waals surface area contributed by atoms with E-state index >= 15 is 0 Å². The van der Waals surface area contributed by atoms with Gasteiger partial charge in [0, 0.05) is 6.54 Å². The number of fused-ring (bicyclic) bond motifs is 5. The van der Waals surface area contributed by atoms with E-state index in [0.717, 1.165) is 43.1 Å². The van der Waals surface area contributed by atoms with Gasteiger partial charge in [-0.1, -0.05) is 33.1 Å². The van der Waals surface area contributed by atoms with E-state index in [1.54, 1.807) is 0 Å². The van der Waals surface area contributed by atoms with E-state index in [-0.39, 0.29) is 12.5 Å². The van der Waals surface area contributed by atoms with E-state index in [1.165, 1.54) is 64.2 Å². The van der Waals surface area contributed by atoms with E-state index in [1.807, 2.05) is 0 Å². The number of nitrogens with one attached hydrogen (secondary N) is 1. The van der Waals surface area contributed by atoms with Crippen LogP contribution in [0, 0.1) is 40.4 Å². The van der Waals surface area contributed by atoms with Crippen LogP contribution in [0.15, 0.2) is 0 Å². The summed E-state index contributed by atoms with van der Waals surface area (Å²) >= 11 is 0. The summed E-state index contributed by atoms with van der Waals surface area (Å²) in [7, 11) is 0. The summed E-state index contributed by atoms with van der Waals surface area (Å²) in [4.78, 5) is 10.6. The molecule has 0 aromatic carbocycles. The third kappa shape index (κ3) is 4.08. The molecule has 4 fully saturated rings. The molecule has 172 valence electrons. The van der Waals surface area contributed by atoms with Crippen LogP contribution < -0.4 is 5.32 Å². The van der Waals surface area contributed by atoms with Crippen molar-refractivity contribution in [2.45, 2.75) is 103 Å². The minimum atomic E-state index is -0.721. The second kappa shape index (κ2) is 9.10. The van der Waals surface area contributed by atoms with Crippen LogP contribution in [-0.4, -0.2) is 35.4 Å². The Morgan fingerprint density at radius 1 is 0.967 bits per heavy atom. The SMILES string of the molecule is CC12CCC3C(C(O)CC4CCCCC43C)C1CCC2CCCCNCCC(=O)O. The van der Waals surface area contributed by atoms with E-state index in [2.05, 4.69) is 19.2 Å². The average molecular weight is 420 g/mol. The zero-order valence-electron chi connectivity index (χ0n) is 19.4. The zero-order chi connectivity index (χ0) is 21.4. The third-order valence-electron chi connectivity index (χ3n) is 10.5. The minimum absolute atomic E-state index is 0.0621. The van der Waals surface area contributed by atoms with Gasteiger partial charge in [0.1, 0.15) is 0 Å². The van der Waals surface area contributed by atoms with E-state index < -0.39 is 5.97 Å². The summed E-state index contributed by atoms with van der Waals surface area (Å²) in [6.07, 6.45) is 15.8. The molecule has 0 bridgehead atoms. The Labute approximate surface area is 183 Å². The van der Waals surface area contributed by atoms with Crippen molar-refractivity contribution in [3.63, 3.8) is 0 Å². The molecule has 0 aromatic rings.